The molecular weight excluding hydrogens is 302 g/mol. The number of hydrogen-bond acceptors (Lipinski definition) is 4. The maximum atomic E-state index is 10.6. The van der Waals surface area contributed by atoms with Crippen LogP contribution in [-0.4, -0.2) is 42.9 Å². The van der Waals surface area contributed by atoms with Crippen molar-refractivity contribution in [1.29, 1.82) is 0 Å². The zero-order chi connectivity index (χ0) is 16.4. The molecule has 0 bridgehead atoms. The van der Waals surface area contributed by atoms with Crippen LogP contribution in [0.15, 0.2) is 48.5 Å². The van der Waals surface area contributed by atoms with Gasteiger partial charge in [-0.25, -0.2) is 0 Å². The molecule has 2 aliphatic rings. The molecule has 2 aliphatic heterocycles. The Bertz CT molecular complexity index is 689. The van der Waals surface area contributed by atoms with E-state index in [-0.39, 0.29) is 0 Å². The number of fused-ring (bicyclic) bond motifs is 1. The first-order chi connectivity index (χ1) is 11.8. The van der Waals surface area contributed by atoms with Crippen molar-refractivity contribution >= 4 is 0 Å². The molecule has 24 heavy (non-hydrogen) atoms. The number of benzene rings is 2. The van der Waals surface area contributed by atoms with E-state index in [4.69, 9.17) is 9.47 Å². The van der Waals surface area contributed by atoms with E-state index < -0.39 is 6.10 Å². The first-order valence-electron chi connectivity index (χ1n) is 8.64. The van der Waals surface area contributed by atoms with Gasteiger partial charge < -0.3 is 14.6 Å². The second-order valence-corrected chi connectivity index (χ2v) is 6.57. The van der Waals surface area contributed by atoms with Crippen molar-refractivity contribution in [3.8, 4) is 11.5 Å². The number of aliphatic hydroxyl groups is 1. The summed E-state index contributed by atoms with van der Waals surface area (Å²) in [5.41, 5.74) is 2.29. The Morgan fingerprint density at radius 3 is 2.67 bits per heavy atom. The molecule has 1 N–H and O–H groups in total. The van der Waals surface area contributed by atoms with E-state index in [1.807, 2.05) is 18.2 Å². The molecule has 4 heteroatoms. The third-order valence-electron chi connectivity index (χ3n) is 4.93. The van der Waals surface area contributed by atoms with E-state index in [9.17, 15) is 5.11 Å². The lowest BCUT2D eigenvalue weighted by Gasteiger charge is -2.23. The standard InChI is InChI=1S/C20H23NO3/c22-18(16-6-7-19-20(12-16)24-11-10-23-19)14-21-9-8-17(13-21)15-4-2-1-3-5-15/h1-7,12,17-18,22H,8-11,13-14H2. The topological polar surface area (TPSA) is 41.9 Å². The minimum Gasteiger partial charge on any atom is -0.486 e. The second-order valence-electron chi connectivity index (χ2n) is 6.57. The van der Waals surface area contributed by atoms with Gasteiger partial charge in [0.15, 0.2) is 11.5 Å². The second kappa shape index (κ2) is 6.83. The van der Waals surface area contributed by atoms with E-state index in [2.05, 4.69) is 35.2 Å². The molecule has 0 saturated carbocycles. The molecule has 0 radical (unpaired) electrons. The first kappa shape index (κ1) is 15.5. The highest BCUT2D eigenvalue weighted by Crippen LogP contribution is 2.34. The summed E-state index contributed by atoms with van der Waals surface area (Å²) in [6.45, 7) is 3.84. The molecule has 2 atom stereocenters. The van der Waals surface area contributed by atoms with Gasteiger partial charge in [0.2, 0.25) is 0 Å². The molecule has 2 aromatic carbocycles. The van der Waals surface area contributed by atoms with Gasteiger partial charge in [-0.1, -0.05) is 36.4 Å². The molecule has 126 valence electrons. The smallest absolute Gasteiger partial charge is 0.161 e. The molecule has 0 spiro atoms. The SMILES string of the molecule is OC(CN1CCC(c2ccccc2)C1)c1ccc2c(c1)OCCO2. The number of aliphatic hydroxyl groups excluding tert-OH is 1. The zero-order valence-electron chi connectivity index (χ0n) is 13.7. The summed E-state index contributed by atoms with van der Waals surface area (Å²) in [6.07, 6.45) is 0.646. The quantitative estimate of drug-likeness (QED) is 0.938. The molecule has 4 nitrogen and oxygen atoms in total. The summed E-state index contributed by atoms with van der Waals surface area (Å²) in [5.74, 6) is 2.07. The van der Waals surface area contributed by atoms with Crippen LogP contribution in [0.4, 0.5) is 0 Å². The number of β-amino-alcohol motifs (C(OH)–C–C–N with tert-alkyl or cyclic N) is 1. The van der Waals surface area contributed by atoms with Gasteiger partial charge in [0.25, 0.3) is 0 Å². The lowest BCUT2D eigenvalue weighted by Crippen LogP contribution is -2.26. The van der Waals surface area contributed by atoms with E-state index in [0.717, 1.165) is 36.6 Å². The van der Waals surface area contributed by atoms with E-state index in [0.29, 0.717) is 25.7 Å². The van der Waals surface area contributed by atoms with Crippen molar-refractivity contribution < 1.29 is 14.6 Å². The van der Waals surface area contributed by atoms with Crippen molar-refractivity contribution in [2.24, 2.45) is 0 Å². The van der Waals surface area contributed by atoms with Crippen molar-refractivity contribution in [3.63, 3.8) is 0 Å². The molecule has 2 heterocycles. The van der Waals surface area contributed by atoms with Crippen LogP contribution < -0.4 is 9.47 Å². The molecule has 4 rings (SSSR count). The van der Waals surface area contributed by atoms with Crippen LogP contribution in [0.5, 0.6) is 11.5 Å². The fraction of sp³-hybridized carbons (Fsp3) is 0.400. The summed E-state index contributed by atoms with van der Waals surface area (Å²) in [4.78, 5) is 2.35. The van der Waals surface area contributed by atoms with Crippen molar-refractivity contribution in [2.75, 3.05) is 32.8 Å². The first-order valence-corrected chi connectivity index (χ1v) is 8.64. The predicted octanol–water partition coefficient (Wildman–Crippen LogP) is 2.98. The summed E-state index contributed by atoms with van der Waals surface area (Å²) in [6, 6.07) is 16.4. The number of likely N-dealkylation sites (tertiary alicyclic amines) is 1. The Morgan fingerprint density at radius 2 is 1.83 bits per heavy atom. The zero-order valence-corrected chi connectivity index (χ0v) is 13.7. The van der Waals surface area contributed by atoms with Crippen molar-refractivity contribution in [2.45, 2.75) is 18.4 Å². The maximum absolute atomic E-state index is 10.6. The minimum absolute atomic E-state index is 0.504. The summed E-state index contributed by atoms with van der Waals surface area (Å²) < 4.78 is 11.1. The molecule has 0 aromatic heterocycles. The van der Waals surface area contributed by atoms with Gasteiger partial charge in [-0.05, 0) is 42.1 Å². The predicted molar refractivity (Wildman–Crippen MR) is 92.6 cm³/mol. The summed E-state index contributed by atoms with van der Waals surface area (Å²) >= 11 is 0. The van der Waals surface area contributed by atoms with Crippen LogP contribution in [0.3, 0.4) is 0 Å². The van der Waals surface area contributed by atoms with Gasteiger partial charge in [-0.15, -0.1) is 0 Å². The Kier molecular flexibility index (Phi) is 4.41. The van der Waals surface area contributed by atoms with Gasteiger partial charge in [0, 0.05) is 13.1 Å². The van der Waals surface area contributed by atoms with Crippen LogP contribution in [-0.2, 0) is 0 Å². The summed E-state index contributed by atoms with van der Waals surface area (Å²) in [7, 11) is 0. The Hall–Kier alpha value is -2.04. The molecule has 2 unspecified atom stereocenters. The average molecular weight is 325 g/mol. The van der Waals surface area contributed by atoms with Gasteiger partial charge in [0.05, 0.1) is 6.10 Å². The lowest BCUT2D eigenvalue weighted by molar-refractivity contribution is 0.124. The Balaban J connectivity index is 1.39. The van der Waals surface area contributed by atoms with Crippen LogP contribution in [0.1, 0.15) is 29.6 Å². The minimum atomic E-state index is -0.504. The highest BCUT2D eigenvalue weighted by molar-refractivity contribution is 5.44. The fourth-order valence-electron chi connectivity index (χ4n) is 3.61. The largest absolute Gasteiger partial charge is 0.486 e. The van der Waals surface area contributed by atoms with Gasteiger partial charge in [-0.3, -0.25) is 4.90 Å². The van der Waals surface area contributed by atoms with Crippen LogP contribution in [0, 0.1) is 0 Å². The Morgan fingerprint density at radius 1 is 1.04 bits per heavy atom. The van der Waals surface area contributed by atoms with E-state index in [1.165, 1.54) is 5.56 Å². The molecule has 1 saturated heterocycles. The number of ether oxygens (including phenoxy) is 2. The lowest BCUT2D eigenvalue weighted by atomic mass is 9.99. The van der Waals surface area contributed by atoms with Crippen LogP contribution in [0.2, 0.25) is 0 Å². The number of hydrogen-bond donors (Lipinski definition) is 1. The monoisotopic (exact) mass is 325 g/mol. The van der Waals surface area contributed by atoms with Crippen molar-refractivity contribution in [3.05, 3.63) is 59.7 Å². The molecule has 0 amide bonds. The molecule has 1 fully saturated rings. The van der Waals surface area contributed by atoms with E-state index in [1.54, 1.807) is 0 Å². The normalized spacial score (nSPS) is 21.6. The highest BCUT2D eigenvalue weighted by atomic mass is 16.6. The average Bonchev–Trinajstić information content (AvgIpc) is 3.10. The van der Waals surface area contributed by atoms with Crippen molar-refractivity contribution in [1.82, 2.24) is 4.90 Å². The van der Waals surface area contributed by atoms with Gasteiger partial charge in [-0.2, -0.15) is 0 Å². The highest BCUT2D eigenvalue weighted by Gasteiger charge is 2.26. The third kappa shape index (κ3) is 3.25. The maximum Gasteiger partial charge on any atom is 0.161 e. The molecule has 2 aromatic rings. The summed E-state index contributed by atoms with van der Waals surface area (Å²) in [5, 5.41) is 10.6. The number of rotatable bonds is 4. The van der Waals surface area contributed by atoms with Crippen LogP contribution in [0.25, 0.3) is 0 Å². The van der Waals surface area contributed by atoms with Crippen LogP contribution >= 0.6 is 0 Å². The van der Waals surface area contributed by atoms with E-state index >= 15 is 0 Å². The molecular formula is C20H23NO3. The third-order valence-corrected chi connectivity index (χ3v) is 4.93. The number of nitrogens with zero attached hydrogens (tertiary/aromatic N) is 1. The Labute approximate surface area is 142 Å². The molecule has 0 aliphatic carbocycles. The van der Waals surface area contributed by atoms with Gasteiger partial charge >= 0.3 is 0 Å². The fourth-order valence-corrected chi connectivity index (χ4v) is 3.61. The van der Waals surface area contributed by atoms with Gasteiger partial charge in [0.1, 0.15) is 13.2 Å².